The van der Waals surface area contributed by atoms with Crippen LogP contribution in [0.3, 0.4) is 0 Å². The van der Waals surface area contributed by atoms with Crippen LogP contribution in [-0.4, -0.2) is 22.9 Å². The number of nitrogens with two attached hydrogens (primary N) is 1. The predicted molar refractivity (Wildman–Crippen MR) is 84.1 cm³/mol. The summed E-state index contributed by atoms with van der Waals surface area (Å²) in [7, 11) is 3.67. The molecule has 0 saturated carbocycles. The zero-order chi connectivity index (χ0) is 15.2. The van der Waals surface area contributed by atoms with Gasteiger partial charge in [0.05, 0.1) is 12.8 Å². The number of aryl methyl sites for hydroxylation is 2. The first-order valence-electron chi connectivity index (χ1n) is 7.27. The van der Waals surface area contributed by atoms with Crippen LogP contribution < -0.4 is 16.0 Å². The monoisotopic (exact) mass is 288 g/mol. The Balaban J connectivity index is 2.11. The minimum Gasteiger partial charge on any atom is -0.496 e. The maximum absolute atomic E-state index is 5.73. The third-order valence-corrected chi connectivity index (χ3v) is 3.74. The summed E-state index contributed by atoms with van der Waals surface area (Å²) in [5.74, 6) is 6.63. The number of para-hydroxylation sites is 1. The molecule has 1 heterocycles. The average Bonchev–Trinajstić information content (AvgIpc) is 2.87. The zero-order valence-corrected chi connectivity index (χ0v) is 13.0. The highest BCUT2D eigenvalue weighted by molar-refractivity contribution is 5.34. The van der Waals surface area contributed by atoms with Gasteiger partial charge in [-0.15, -0.1) is 0 Å². The molecule has 0 bridgehead atoms. The molecular weight excluding hydrogens is 264 g/mol. The number of benzene rings is 1. The molecule has 0 spiro atoms. The predicted octanol–water partition coefficient (Wildman–Crippen LogP) is 1.61. The summed E-state index contributed by atoms with van der Waals surface area (Å²) in [5.41, 5.74) is 6.36. The van der Waals surface area contributed by atoms with Crippen molar-refractivity contribution < 1.29 is 4.74 Å². The van der Waals surface area contributed by atoms with E-state index in [4.69, 9.17) is 10.6 Å². The lowest BCUT2D eigenvalue weighted by Gasteiger charge is -2.17. The summed E-state index contributed by atoms with van der Waals surface area (Å²) in [5, 5.41) is 4.48. The van der Waals surface area contributed by atoms with Gasteiger partial charge in [0.1, 0.15) is 5.75 Å². The largest absolute Gasteiger partial charge is 0.496 e. The number of rotatable bonds is 7. The van der Waals surface area contributed by atoms with Gasteiger partial charge in [-0.05, 0) is 30.5 Å². The second-order valence-electron chi connectivity index (χ2n) is 5.19. The lowest BCUT2D eigenvalue weighted by atomic mass is 10.0. The molecule has 3 N–H and O–H groups in total. The number of nitrogens with one attached hydrogen (secondary N) is 1. The van der Waals surface area contributed by atoms with E-state index in [1.165, 1.54) is 5.69 Å². The van der Waals surface area contributed by atoms with Crippen molar-refractivity contribution in [1.82, 2.24) is 15.2 Å². The SMILES string of the molecule is CCc1cc(CC(Cc2ccccc2OC)NN)n(C)n1. The van der Waals surface area contributed by atoms with E-state index in [-0.39, 0.29) is 6.04 Å². The van der Waals surface area contributed by atoms with Crippen LogP contribution in [0.4, 0.5) is 0 Å². The fourth-order valence-corrected chi connectivity index (χ4v) is 2.51. The number of aromatic nitrogens is 2. The van der Waals surface area contributed by atoms with Gasteiger partial charge in [-0.1, -0.05) is 25.1 Å². The number of hydrogen-bond donors (Lipinski definition) is 2. The van der Waals surface area contributed by atoms with Gasteiger partial charge in [0.15, 0.2) is 0 Å². The Kier molecular flexibility index (Phi) is 5.36. The Hall–Kier alpha value is -1.85. The fraction of sp³-hybridized carbons (Fsp3) is 0.438. The minimum absolute atomic E-state index is 0.140. The number of nitrogens with zero attached hydrogens (tertiary/aromatic N) is 2. The first-order valence-corrected chi connectivity index (χ1v) is 7.27. The third kappa shape index (κ3) is 3.83. The summed E-state index contributed by atoms with van der Waals surface area (Å²) in [6.45, 7) is 2.11. The molecule has 5 nitrogen and oxygen atoms in total. The Labute approximate surface area is 126 Å². The Morgan fingerprint density at radius 2 is 2.10 bits per heavy atom. The topological polar surface area (TPSA) is 65.1 Å². The van der Waals surface area contributed by atoms with E-state index in [0.717, 1.165) is 36.3 Å². The van der Waals surface area contributed by atoms with Crippen molar-refractivity contribution in [3.05, 3.63) is 47.3 Å². The van der Waals surface area contributed by atoms with Gasteiger partial charge in [0.25, 0.3) is 0 Å². The number of hydrogen-bond acceptors (Lipinski definition) is 4. The lowest BCUT2D eigenvalue weighted by Crippen LogP contribution is -2.39. The molecule has 1 atom stereocenters. The standard InChI is InChI=1S/C16H24N4O/c1-4-13-10-15(20(2)19-13)11-14(18-17)9-12-7-5-6-8-16(12)21-3/h5-8,10,14,18H,4,9,11,17H2,1-3H3. The first-order chi connectivity index (χ1) is 10.2. The van der Waals surface area contributed by atoms with E-state index in [1.807, 2.05) is 29.9 Å². The van der Waals surface area contributed by atoms with Gasteiger partial charge in [-0.3, -0.25) is 16.0 Å². The summed E-state index contributed by atoms with van der Waals surface area (Å²) >= 11 is 0. The van der Waals surface area contributed by atoms with Crippen molar-refractivity contribution in [2.75, 3.05) is 7.11 Å². The first kappa shape index (κ1) is 15.5. The molecule has 2 aromatic rings. The molecule has 0 saturated heterocycles. The summed E-state index contributed by atoms with van der Waals surface area (Å²) in [4.78, 5) is 0. The lowest BCUT2D eigenvalue weighted by molar-refractivity contribution is 0.404. The molecule has 1 unspecified atom stereocenters. The van der Waals surface area contributed by atoms with Crippen LogP contribution in [0.15, 0.2) is 30.3 Å². The van der Waals surface area contributed by atoms with E-state index >= 15 is 0 Å². The van der Waals surface area contributed by atoms with Crippen LogP contribution in [0.5, 0.6) is 5.75 Å². The van der Waals surface area contributed by atoms with Crippen LogP contribution in [0, 0.1) is 0 Å². The van der Waals surface area contributed by atoms with Crippen LogP contribution in [0.1, 0.15) is 23.9 Å². The molecule has 2 rings (SSSR count). The number of hydrazine groups is 1. The van der Waals surface area contributed by atoms with E-state index < -0.39 is 0 Å². The van der Waals surface area contributed by atoms with E-state index in [0.29, 0.717) is 0 Å². The van der Waals surface area contributed by atoms with Crippen molar-refractivity contribution in [1.29, 1.82) is 0 Å². The molecule has 5 heteroatoms. The molecule has 0 fully saturated rings. The molecule has 0 amide bonds. The highest BCUT2D eigenvalue weighted by atomic mass is 16.5. The second-order valence-corrected chi connectivity index (χ2v) is 5.19. The molecule has 0 aliphatic carbocycles. The Morgan fingerprint density at radius 1 is 1.33 bits per heavy atom. The summed E-state index contributed by atoms with van der Waals surface area (Å²) < 4.78 is 7.34. The number of methoxy groups -OCH3 is 1. The molecule has 21 heavy (non-hydrogen) atoms. The molecule has 114 valence electrons. The van der Waals surface area contributed by atoms with E-state index in [9.17, 15) is 0 Å². The van der Waals surface area contributed by atoms with Crippen molar-refractivity contribution >= 4 is 0 Å². The maximum Gasteiger partial charge on any atom is 0.122 e. The molecular formula is C16H24N4O. The smallest absolute Gasteiger partial charge is 0.122 e. The summed E-state index contributed by atoms with van der Waals surface area (Å²) in [6, 6.07) is 10.3. The van der Waals surface area contributed by atoms with Crippen LogP contribution in [0.25, 0.3) is 0 Å². The highest BCUT2D eigenvalue weighted by Gasteiger charge is 2.14. The molecule has 0 aliphatic heterocycles. The maximum atomic E-state index is 5.73. The Bertz CT molecular complexity index is 579. The quantitative estimate of drug-likeness (QED) is 0.600. The van der Waals surface area contributed by atoms with Crippen LogP contribution in [0.2, 0.25) is 0 Å². The van der Waals surface area contributed by atoms with Crippen LogP contribution >= 0.6 is 0 Å². The van der Waals surface area contributed by atoms with Crippen molar-refractivity contribution in [2.24, 2.45) is 12.9 Å². The van der Waals surface area contributed by atoms with Gasteiger partial charge in [0.2, 0.25) is 0 Å². The highest BCUT2D eigenvalue weighted by Crippen LogP contribution is 2.20. The second kappa shape index (κ2) is 7.24. The van der Waals surface area contributed by atoms with Gasteiger partial charge in [0, 0.05) is 25.2 Å². The zero-order valence-electron chi connectivity index (χ0n) is 13.0. The molecule has 1 aromatic heterocycles. The third-order valence-electron chi connectivity index (χ3n) is 3.74. The van der Waals surface area contributed by atoms with Crippen molar-refractivity contribution in [3.63, 3.8) is 0 Å². The summed E-state index contributed by atoms with van der Waals surface area (Å²) in [6.07, 6.45) is 2.59. The fourth-order valence-electron chi connectivity index (χ4n) is 2.51. The molecule has 0 radical (unpaired) electrons. The normalized spacial score (nSPS) is 12.4. The van der Waals surface area contributed by atoms with E-state index in [1.54, 1.807) is 7.11 Å². The van der Waals surface area contributed by atoms with Gasteiger partial charge in [-0.25, -0.2) is 0 Å². The molecule has 0 aliphatic rings. The van der Waals surface area contributed by atoms with Gasteiger partial charge in [-0.2, -0.15) is 5.10 Å². The van der Waals surface area contributed by atoms with Gasteiger partial charge >= 0.3 is 0 Å². The number of ether oxygens (including phenoxy) is 1. The van der Waals surface area contributed by atoms with Crippen LogP contribution in [-0.2, 0) is 26.3 Å². The Morgan fingerprint density at radius 3 is 2.71 bits per heavy atom. The van der Waals surface area contributed by atoms with E-state index in [2.05, 4.69) is 29.6 Å². The van der Waals surface area contributed by atoms with Crippen molar-refractivity contribution in [2.45, 2.75) is 32.2 Å². The van der Waals surface area contributed by atoms with Crippen molar-refractivity contribution in [3.8, 4) is 5.75 Å². The van der Waals surface area contributed by atoms with Gasteiger partial charge < -0.3 is 4.74 Å². The minimum atomic E-state index is 0.140. The molecule has 1 aromatic carbocycles. The average molecular weight is 288 g/mol.